The van der Waals surface area contributed by atoms with Gasteiger partial charge in [-0.25, -0.2) is 0 Å². The van der Waals surface area contributed by atoms with Crippen molar-refractivity contribution in [1.82, 2.24) is 10.2 Å². The normalized spacial score (nSPS) is 17.0. The average Bonchev–Trinajstić information content (AvgIpc) is 2.73. The van der Waals surface area contributed by atoms with Crippen molar-refractivity contribution in [3.05, 3.63) is 65.2 Å². The zero-order valence-corrected chi connectivity index (χ0v) is 17.3. The molecule has 5 nitrogen and oxygen atoms in total. The second-order valence-corrected chi connectivity index (χ2v) is 7.78. The molecule has 1 heterocycles. The lowest BCUT2D eigenvalue weighted by atomic mass is 10.0. The number of amides is 1. The smallest absolute Gasteiger partial charge is 0.258 e. The third kappa shape index (κ3) is 6.43. The molecule has 1 N–H and O–H groups in total. The Morgan fingerprint density at radius 1 is 1.10 bits per heavy atom. The number of nitrogens with zero attached hydrogens (tertiary/aromatic N) is 1. The van der Waals surface area contributed by atoms with E-state index < -0.39 is 0 Å². The summed E-state index contributed by atoms with van der Waals surface area (Å²) in [5.41, 5.74) is 2.94. The minimum absolute atomic E-state index is 0.0295. The molecule has 1 amide bonds. The average molecular weight is 395 g/mol. The Morgan fingerprint density at radius 2 is 1.86 bits per heavy atom. The van der Waals surface area contributed by atoms with E-state index in [2.05, 4.69) is 41.4 Å². The molecule has 0 radical (unpaired) electrons. The molecule has 1 atom stereocenters. The number of ketones is 1. The molecule has 0 aliphatic carbocycles. The molecule has 0 aromatic heterocycles. The highest BCUT2D eigenvalue weighted by atomic mass is 16.5. The predicted molar refractivity (Wildman–Crippen MR) is 114 cm³/mol. The second-order valence-electron chi connectivity index (χ2n) is 7.78. The molecule has 5 heteroatoms. The first-order valence-corrected chi connectivity index (χ1v) is 10.3. The van der Waals surface area contributed by atoms with Crippen molar-refractivity contribution in [1.29, 1.82) is 0 Å². The fourth-order valence-electron chi connectivity index (χ4n) is 3.59. The lowest BCUT2D eigenvalue weighted by Gasteiger charge is -2.33. The summed E-state index contributed by atoms with van der Waals surface area (Å²) in [5.74, 6) is 0.298. The minimum atomic E-state index is -0.190. The Bertz CT molecular complexity index is 832. The summed E-state index contributed by atoms with van der Waals surface area (Å²) in [6.45, 7) is 6.36. The van der Waals surface area contributed by atoms with E-state index in [0.717, 1.165) is 12.1 Å². The first-order chi connectivity index (χ1) is 14.0. The lowest BCUT2D eigenvalue weighted by Crippen LogP contribution is -2.36. The molecule has 29 heavy (non-hydrogen) atoms. The number of piperidine rings is 1. The van der Waals surface area contributed by atoms with Gasteiger partial charge in [-0.2, -0.15) is 0 Å². The lowest BCUT2D eigenvalue weighted by molar-refractivity contribution is -0.123. The van der Waals surface area contributed by atoms with Gasteiger partial charge in [0.05, 0.1) is 0 Å². The van der Waals surface area contributed by atoms with Crippen LogP contribution in [0.25, 0.3) is 0 Å². The third-order valence-corrected chi connectivity index (χ3v) is 5.45. The van der Waals surface area contributed by atoms with Gasteiger partial charge in [0, 0.05) is 24.7 Å². The number of hydrogen-bond donors (Lipinski definition) is 1. The molecule has 3 rings (SSSR count). The van der Waals surface area contributed by atoms with Gasteiger partial charge in [0.15, 0.2) is 12.4 Å². The Hall–Kier alpha value is -2.66. The van der Waals surface area contributed by atoms with Crippen LogP contribution in [0.15, 0.2) is 48.5 Å². The molecule has 1 saturated heterocycles. The van der Waals surface area contributed by atoms with E-state index in [-0.39, 0.29) is 18.3 Å². The maximum absolute atomic E-state index is 12.1. The number of Topliss-reactive ketones (excluding diaryl/α,β-unsaturated/α-hetero) is 1. The Balaban J connectivity index is 1.43. The molecule has 1 fully saturated rings. The number of likely N-dealkylation sites (tertiary alicyclic amines) is 1. The van der Waals surface area contributed by atoms with E-state index >= 15 is 0 Å². The van der Waals surface area contributed by atoms with Gasteiger partial charge in [-0.15, -0.1) is 0 Å². The highest BCUT2D eigenvalue weighted by Crippen LogP contribution is 2.19. The molecule has 1 aliphatic heterocycles. The summed E-state index contributed by atoms with van der Waals surface area (Å²) in [6, 6.07) is 15.9. The van der Waals surface area contributed by atoms with Crippen LogP contribution >= 0.6 is 0 Å². The van der Waals surface area contributed by atoms with E-state index in [9.17, 15) is 9.59 Å². The maximum Gasteiger partial charge on any atom is 0.258 e. The van der Waals surface area contributed by atoms with Crippen LogP contribution in [-0.2, 0) is 17.9 Å². The van der Waals surface area contributed by atoms with Gasteiger partial charge < -0.3 is 10.1 Å². The minimum Gasteiger partial charge on any atom is -0.484 e. The van der Waals surface area contributed by atoms with Crippen molar-refractivity contribution in [3.8, 4) is 5.75 Å². The van der Waals surface area contributed by atoms with Gasteiger partial charge in [-0.05, 0) is 56.5 Å². The maximum atomic E-state index is 12.1. The summed E-state index contributed by atoms with van der Waals surface area (Å²) in [5, 5.41) is 2.87. The number of hydrogen-bond acceptors (Lipinski definition) is 4. The van der Waals surface area contributed by atoms with Crippen molar-refractivity contribution in [2.75, 3.05) is 13.2 Å². The summed E-state index contributed by atoms with van der Waals surface area (Å²) in [4.78, 5) is 26.0. The molecule has 1 unspecified atom stereocenters. The van der Waals surface area contributed by atoms with Gasteiger partial charge in [-0.3, -0.25) is 14.5 Å². The van der Waals surface area contributed by atoms with Crippen LogP contribution in [0.2, 0.25) is 0 Å². The van der Waals surface area contributed by atoms with Crippen LogP contribution in [-0.4, -0.2) is 35.8 Å². The van der Waals surface area contributed by atoms with Gasteiger partial charge in [0.25, 0.3) is 5.91 Å². The Morgan fingerprint density at radius 3 is 2.59 bits per heavy atom. The largest absolute Gasteiger partial charge is 0.484 e. The highest BCUT2D eigenvalue weighted by Gasteiger charge is 2.17. The van der Waals surface area contributed by atoms with E-state index in [4.69, 9.17) is 4.74 Å². The van der Waals surface area contributed by atoms with Gasteiger partial charge in [0.2, 0.25) is 0 Å². The molecular weight excluding hydrogens is 364 g/mol. The zero-order valence-electron chi connectivity index (χ0n) is 17.3. The molecule has 154 valence electrons. The number of carbonyl (C=O) groups excluding carboxylic acids is 2. The van der Waals surface area contributed by atoms with E-state index in [0.29, 0.717) is 23.9 Å². The number of nitrogens with one attached hydrogen (secondary N) is 1. The van der Waals surface area contributed by atoms with Crippen LogP contribution in [0, 0.1) is 0 Å². The van der Waals surface area contributed by atoms with E-state index in [1.807, 2.05) is 0 Å². The van der Waals surface area contributed by atoms with Crippen LogP contribution in [0.1, 0.15) is 54.6 Å². The fraction of sp³-hybridized carbons (Fsp3) is 0.417. The number of carbonyl (C=O) groups is 2. The first-order valence-electron chi connectivity index (χ1n) is 10.3. The van der Waals surface area contributed by atoms with Crippen LogP contribution in [0.4, 0.5) is 0 Å². The van der Waals surface area contributed by atoms with Crippen molar-refractivity contribution in [3.63, 3.8) is 0 Å². The fourth-order valence-corrected chi connectivity index (χ4v) is 3.59. The molecule has 2 aromatic rings. The van der Waals surface area contributed by atoms with Gasteiger partial charge >= 0.3 is 0 Å². The first kappa shape index (κ1) is 21.1. The summed E-state index contributed by atoms with van der Waals surface area (Å²) in [7, 11) is 0. The van der Waals surface area contributed by atoms with Crippen molar-refractivity contribution < 1.29 is 14.3 Å². The second kappa shape index (κ2) is 10.2. The standard InChI is InChI=1S/C24H30N2O3/c1-18-6-3-4-13-26(18)16-21-11-9-20(10-12-21)15-25-24(28)17-29-23-8-5-7-22(14-23)19(2)27/h5,7-12,14,18H,3-4,6,13,15-17H2,1-2H3,(H,25,28). The van der Waals surface area contributed by atoms with Crippen LogP contribution < -0.4 is 10.1 Å². The molecule has 2 aromatic carbocycles. The van der Waals surface area contributed by atoms with E-state index in [1.54, 1.807) is 24.3 Å². The third-order valence-electron chi connectivity index (χ3n) is 5.45. The van der Waals surface area contributed by atoms with Gasteiger partial charge in [0.1, 0.15) is 5.75 Å². The molecule has 1 aliphatic rings. The Kier molecular flexibility index (Phi) is 7.42. The van der Waals surface area contributed by atoms with Crippen molar-refractivity contribution in [2.24, 2.45) is 0 Å². The quantitative estimate of drug-likeness (QED) is 0.689. The Labute approximate surface area is 173 Å². The molecule has 0 bridgehead atoms. The summed E-state index contributed by atoms with van der Waals surface area (Å²) < 4.78 is 5.49. The van der Waals surface area contributed by atoms with Crippen LogP contribution in [0.3, 0.4) is 0 Å². The van der Waals surface area contributed by atoms with Crippen molar-refractivity contribution in [2.45, 2.75) is 52.2 Å². The predicted octanol–water partition coefficient (Wildman–Crippen LogP) is 3.96. The van der Waals surface area contributed by atoms with Gasteiger partial charge in [-0.1, -0.05) is 42.8 Å². The van der Waals surface area contributed by atoms with Crippen LogP contribution in [0.5, 0.6) is 5.75 Å². The zero-order chi connectivity index (χ0) is 20.6. The number of rotatable bonds is 8. The monoisotopic (exact) mass is 394 g/mol. The summed E-state index contributed by atoms with van der Waals surface area (Å²) >= 11 is 0. The molecular formula is C24H30N2O3. The topological polar surface area (TPSA) is 58.6 Å². The highest BCUT2D eigenvalue weighted by molar-refractivity contribution is 5.94. The SMILES string of the molecule is CC(=O)c1cccc(OCC(=O)NCc2ccc(CN3CCCCC3C)cc2)c1. The number of benzene rings is 2. The van der Waals surface area contributed by atoms with E-state index in [1.165, 1.54) is 38.3 Å². The number of ether oxygens (including phenoxy) is 1. The molecule has 0 spiro atoms. The summed E-state index contributed by atoms with van der Waals surface area (Å²) in [6.07, 6.45) is 3.91. The van der Waals surface area contributed by atoms with Crippen molar-refractivity contribution >= 4 is 11.7 Å². The molecule has 0 saturated carbocycles.